The molecule has 1 aromatic carbocycles. The van der Waals surface area contributed by atoms with E-state index < -0.39 is 34.9 Å². The highest BCUT2D eigenvalue weighted by Crippen LogP contribution is 2.41. The van der Waals surface area contributed by atoms with Gasteiger partial charge in [0.15, 0.2) is 17.2 Å². The van der Waals surface area contributed by atoms with Gasteiger partial charge in [-0.1, -0.05) is 19.3 Å². The molecule has 6 nitrogen and oxygen atoms in total. The van der Waals surface area contributed by atoms with E-state index in [2.05, 4.69) is 0 Å². The fourth-order valence-corrected chi connectivity index (χ4v) is 3.50. The third kappa shape index (κ3) is 3.03. The quantitative estimate of drug-likeness (QED) is 0.571. The number of ether oxygens (including phenoxy) is 1. The third-order valence-electron chi connectivity index (χ3n) is 4.78. The first-order valence-electron chi connectivity index (χ1n) is 7.94. The highest BCUT2D eigenvalue weighted by molar-refractivity contribution is 6.39. The van der Waals surface area contributed by atoms with Gasteiger partial charge in [0.1, 0.15) is 6.10 Å². The number of Topliss-reactive ketones (excluding diaryl/α,β-unsaturated/α-hetero) is 2. The normalized spacial score (nSPS) is 26.4. The lowest BCUT2D eigenvalue weighted by molar-refractivity contribution is -0.160. The van der Waals surface area contributed by atoms with Gasteiger partial charge in [0.2, 0.25) is 11.6 Å². The number of aromatic hydroxyl groups is 3. The van der Waals surface area contributed by atoms with E-state index in [0.29, 0.717) is 0 Å². The van der Waals surface area contributed by atoms with Crippen molar-refractivity contribution in [3.63, 3.8) is 0 Å². The summed E-state index contributed by atoms with van der Waals surface area (Å²) in [6.07, 6.45) is 3.96. The first-order valence-corrected chi connectivity index (χ1v) is 7.94. The zero-order valence-corrected chi connectivity index (χ0v) is 12.7. The number of hydrogen-bond donors (Lipinski definition) is 3. The van der Waals surface area contributed by atoms with Gasteiger partial charge < -0.3 is 20.1 Å². The zero-order chi connectivity index (χ0) is 16.6. The lowest BCUT2D eigenvalue weighted by atomic mass is 9.81. The second-order valence-electron chi connectivity index (χ2n) is 6.35. The van der Waals surface area contributed by atoms with Crippen molar-refractivity contribution in [3.8, 4) is 17.2 Å². The summed E-state index contributed by atoms with van der Waals surface area (Å²) in [5, 5.41) is 28.6. The molecule has 2 unspecified atom stereocenters. The van der Waals surface area contributed by atoms with Crippen molar-refractivity contribution < 1.29 is 29.6 Å². The Morgan fingerprint density at radius 2 is 1.57 bits per heavy atom. The van der Waals surface area contributed by atoms with Gasteiger partial charge in [-0.2, -0.15) is 0 Å². The second kappa shape index (κ2) is 6.20. The summed E-state index contributed by atoms with van der Waals surface area (Å²) in [6.45, 7) is 0. The Morgan fingerprint density at radius 3 is 2.17 bits per heavy atom. The van der Waals surface area contributed by atoms with Gasteiger partial charge in [0, 0.05) is 6.42 Å². The molecule has 0 bridgehead atoms. The van der Waals surface area contributed by atoms with Crippen molar-refractivity contribution in [1.82, 2.24) is 0 Å². The molecule has 6 heteroatoms. The number of carbonyl (C=O) groups excluding carboxylic acids is 2. The molecule has 1 aliphatic carbocycles. The minimum atomic E-state index is -1.14. The maximum atomic E-state index is 12.2. The molecule has 0 aromatic heterocycles. The van der Waals surface area contributed by atoms with E-state index in [4.69, 9.17) is 4.74 Å². The molecule has 23 heavy (non-hydrogen) atoms. The Balaban J connectivity index is 1.87. The Labute approximate surface area is 133 Å². The topological polar surface area (TPSA) is 104 Å². The molecule has 3 rings (SSSR count). The Hall–Kier alpha value is -2.08. The van der Waals surface area contributed by atoms with E-state index >= 15 is 0 Å². The summed E-state index contributed by atoms with van der Waals surface area (Å²) in [5.41, 5.74) is 0.177. The van der Waals surface area contributed by atoms with Crippen LogP contribution in [0.15, 0.2) is 12.1 Å². The highest BCUT2D eigenvalue weighted by Gasteiger charge is 2.40. The molecule has 1 heterocycles. The van der Waals surface area contributed by atoms with E-state index in [1.165, 1.54) is 6.42 Å². The number of rotatable bonds is 2. The van der Waals surface area contributed by atoms with Crippen molar-refractivity contribution in [3.05, 3.63) is 17.7 Å². The number of hydrogen-bond acceptors (Lipinski definition) is 6. The maximum Gasteiger partial charge on any atom is 0.231 e. The summed E-state index contributed by atoms with van der Waals surface area (Å²) in [4.78, 5) is 24.2. The van der Waals surface area contributed by atoms with Crippen LogP contribution in [0.3, 0.4) is 0 Å². The fraction of sp³-hybridized carbons (Fsp3) is 0.529. The van der Waals surface area contributed by atoms with Crippen LogP contribution in [0.25, 0.3) is 0 Å². The molecule has 1 aromatic rings. The number of phenolic OH excluding ortho intramolecular Hbond substituents is 3. The number of benzene rings is 1. The summed E-state index contributed by atoms with van der Waals surface area (Å²) < 4.78 is 5.87. The Bertz CT molecular complexity index is 609. The first kappa shape index (κ1) is 15.8. The monoisotopic (exact) mass is 320 g/mol. The van der Waals surface area contributed by atoms with Crippen LogP contribution in [0, 0.1) is 5.92 Å². The van der Waals surface area contributed by atoms with Crippen molar-refractivity contribution in [2.45, 2.75) is 50.7 Å². The molecule has 1 saturated carbocycles. The van der Waals surface area contributed by atoms with Gasteiger partial charge in [-0.25, -0.2) is 0 Å². The van der Waals surface area contributed by atoms with Crippen LogP contribution in [0.5, 0.6) is 17.2 Å². The minimum absolute atomic E-state index is 0.0933. The first-order chi connectivity index (χ1) is 11.0. The van der Waals surface area contributed by atoms with E-state index in [9.17, 15) is 24.9 Å². The van der Waals surface area contributed by atoms with Crippen molar-refractivity contribution in [1.29, 1.82) is 0 Å². The number of ketones is 2. The third-order valence-corrected chi connectivity index (χ3v) is 4.78. The van der Waals surface area contributed by atoms with Gasteiger partial charge >= 0.3 is 0 Å². The predicted octanol–water partition coefficient (Wildman–Crippen LogP) is 2.35. The summed E-state index contributed by atoms with van der Waals surface area (Å²) in [6, 6.07) is 2.29. The van der Waals surface area contributed by atoms with E-state index in [-0.39, 0.29) is 24.0 Å². The van der Waals surface area contributed by atoms with Crippen LogP contribution >= 0.6 is 0 Å². The molecule has 0 amide bonds. The SMILES string of the molecule is O=C1CC(C2CCCCC2)OC(c2cc(O)c(O)c(O)c2)C1=O. The van der Waals surface area contributed by atoms with E-state index in [1.54, 1.807) is 0 Å². The van der Waals surface area contributed by atoms with Crippen molar-refractivity contribution in [2.24, 2.45) is 5.92 Å². The molecule has 0 spiro atoms. The van der Waals surface area contributed by atoms with Crippen LogP contribution in [-0.4, -0.2) is 33.0 Å². The fourth-order valence-electron chi connectivity index (χ4n) is 3.50. The number of carbonyl (C=O) groups is 2. The van der Waals surface area contributed by atoms with Gasteiger partial charge in [0.05, 0.1) is 6.10 Å². The van der Waals surface area contributed by atoms with Crippen molar-refractivity contribution in [2.75, 3.05) is 0 Å². The number of phenols is 3. The standard InChI is InChI=1S/C17H20O6/c18-11-6-10(7-12(19)15(11)21)17-16(22)13(20)8-14(23-17)9-4-2-1-3-5-9/h6-7,9,14,17-19,21H,1-5,8H2. The summed E-state index contributed by atoms with van der Waals surface area (Å²) in [5.74, 6) is -2.67. The van der Waals surface area contributed by atoms with Crippen LogP contribution in [0.1, 0.15) is 50.2 Å². The van der Waals surface area contributed by atoms with Crippen LogP contribution < -0.4 is 0 Å². The zero-order valence-electron chi connectivity index (χ0n) is 12.7. The molecule has 0 radical (unpaired) electrons. The van der Waals surface area contributed by atoms with Crippen LogP contribution in [0.2, 0.25) is 0 Å². The molecular weight excluding hydrogens is 300 g/mol. The molecule has 124 valence electrons. The van der Waals surface area contributed by atoms with E-state index in [1.807, 2.05) is 0 Å². The molecule has 1 saturated heterocycles. The molecule has 1 aliphatic heterocycles. The lowest BCUT2D eigenvalue weighted by Gasteiger charge is -2.35. The smallest absolute Gasteiger partial charge is 0.231 e. The minimum Gasteiger partial charge on any atom is -0.504 e. The highest BCUT2D eigenvalue weighted by atomic mass is 16.5. The van der Waals surface area contributed by atoms with Crippen molar-refractivity contribution >= 4 is 11.6 Å². The van der Waals surface area contributed by atoms with Gasteiger partial charge in [-0.05, 0) is 36.5 Å². The van der Waals surface area contributed by atoms with Crippen LogP contribution in [0.4, 0.5) is 0 Å². The largest absolute Gasteiger partial charge is 0.504 e. The Kier molecular flexibility index (Phi) is 4.26. The predicted molar refractivity (Wildman–Crippen MR) is 80.3 cm³/mol. The summed E-state index contributed by atoms with van der Waals surface area (Å²) in [7, 11) is 0. The molecule has 2 fully saturated rings. The van der Waals surface area contributed by atoms with E-state index in [0.717, 1.165) is 37.8 Å². The average Bonchev–Trinajstić information content (AvgIpc) is 2.55. The molecular formula is C17H20O6. The molecule has 2 atom stereocenters. The summed E-state index contributed by atoms with van der Waals surface area (Å²) >= 11 is 0. The average molecular weight is 320 g/mol. The van der Waals surface area contributed by atoms with Gasteiger partial charge in [0.25, 0.3) is 0 Å². The Morgan fingerprint density at radius 1 is 0.957 bits per heavy atom. The van der Waals surface area contributed by atoms with Gasteiger partial charge in [-0.3, -0.25) is 9.59 Å². The maximum absolute atomic E-state index is 12.2. The lowest BCUT2D eigenvalue weighted by Crippen LogP contribution is -2.41. The second-order valence-corrected chi connectivity index (χ2v) is 6.35. The molecule has 2 aliphatic rings. The van der Waals surface area contributed by atoms with Gasteiger partial charge in [-0.15, -0.1) is 0 Å². The van der Waals surface area contributed by atoms with Crippen LogP contribution in [-0.2, 0) is 14.3 Å². The molecule has 3 N–H and O–H groups in total.